The molecule has 6 heteroatoms. The van der Waals surface area contributed by atoms with Crippen LogP contribution >= 0.6 is 0 Å². The van der Waals surface area contributed by atoms with Gasteiger partial charge in [-0.25, -0.2) is 0 Å². The van der Waals surface area contributed by atoms with Crippen molar-refractivity contribution in [2.45, 2.75) is 13.8 Å². The summed E-state index contributed by atoms with van der Waals surface area (Å²) in [6.45, 7) is 4.60. The number of anilines is 1. The predicted octanol–water partition coefficient (Wildman–Crippen LogP) is 4.51. The molecule has 0 bridgehead atoms. The summed E-state index contributed by atoms with van der Waals surface area (Å²) in [4.78, 5) is 28.7. The summed E-state index contributed by atoms with van der Waals surface area (Å²) in [6.07, 6.45) is 1.45. The maximum Gasteiger partial charge on any atom is 0.274 e. The van der Waals surface area contributed by atoms with Gasteiger partial charge in [-0.3, -0.25) is 14.6 Å². The fourth-order valence-corrected chi connectivity index (χ4v) is 2.52. The normalized spacial score (nSPS) is 10.4. The first-order valence-electron chi connectivity index (χ1n) is 9.40. The monoisotopic (exact) mass is 389 g/mol. The Labute approximate surface area is 169 Å². The second kappa shape index (κ2) is 9.50. The Morgan fingerprint density at radius 3 is 2.31 bits per heavy atom. The highest BCUT2D eigenvalue weighted by molar-refractivity contribution is 6.04. The van der Waals surface area contributed by atoms with Gasteiger partial charge in [0.15, 0.2) is 0 Å². The molecule has 2 N–H and O–H groups in total. The van der Waals surface area contributed by atoms with E-state index in [0.29, 0.717) is 29.5 Å². The molecular formula is C23H23N3O3. The number of nitrogens with one attached hydrogen (secondary N) is 2. The predicted molar refractivity (Wildman–Crippen MR) is 112 cm³/mol. The van der Waals surface area contributed by atoms with Crippen LogP contribution in [0.3, 0.4) is 0 Å². The van der Waals surface area contributed by atoms with Gasteiger partial charge in [0, 0.05) is 24.0 Å². The second-order valence-corrected chi connectivity index (χ2v) is 6.93. The summed E-state index contributed by atoms with van der Waals surface area (Å²) in [5.74, 6) is 1.13. The molecule has 0 aliphatic rings. The van der Waals surface area contributed by atoms with Crippen LogP contribution in [0, 0.1) is 5.92 Å². The van der Waals surface area contributed by atoms with Crippen molar-refractivity contribution in [2.24, 2.45) is 5.92 Å². The van der Waals surface area contributed by atoms with E-state index in [2.05, 4.69) is 15.6 Å². The first-order valence-corrected chi connectivity index (χ1v) is 9.40. The number of hydrogen-bond donors (Lipinski definition) is 2. The van der Waals surface area contributed by atoms with Crippen LogP contribution in [0.5, 0.6) is 11.5 Å². The van der Waals surface area contributed by atoms with E-state index in [9.17, 15) is 9.59 Å². The Hall–Kier alpha value is -3.67. The van der Waals surface area contributed by atoms with Crippen molar-refractivity contribution >= 4 is 17.5 Å². The van der Waals surface area contributed by atoms with Crippen molar-refractivity contribution in [3.8, 4) is 11.5 Å². The highest BCUT2D eigenvalue weighted by Gasteiger charge is 2.12. The molecule has 6 nitrogen and oxygen atoms in total. The van der Waals surface area contributed by atoms with Crippen molar-refractivity contribution in [3.05, 3.63) is 84.2 Å². The summed E-state index contributed by atoms with van der Waals surface area (Å²) in [6, 6.07) is 19.5. The van der Waals surface area contributed by atoms with Crippen LogP contribution in [0.1, 0.15) is 34.7 Å². The molecule has 2 amide bonds. The Balaban J connectivity index is 1.62. The molecule has 148 valence electrons. The van der Waals surface area contributed by atoms with E-state index >= 15 is 0 Å². The summed E-state index contributed by atoms with van der Waals surface area (Å²) < 4.78 is 5.74. The molecule has 0 radical (unpaired) electrons. The first-order chi connectivity index (χ1) is 14.0. The van der Waals surface area contributed by atoms with Gasteiger partial charge < -0.3 is 15.4 Å². The highest BCUT2D eigenvalue weighted by atomic mass is 16.5. The number of hydrogen-bond acceptors (Lipinski definition) is 4. The Morgan fingerprint density at radius 1 is 0.931 bits per heavy atom. The molecule has 0 aliphatic carbocycles. The Morgan fingerprint density at radius 2 is 1.62 bits per heavy atom. The fraction of sp³-hybridized carbons (Fsp3) is 0.174. The zero-order valence-electron chi connectivity index (χ0n) is 16.4. The van der Waals surface area contributed by atoms with Crippen molar-refractivity contribution in [2.75, 3.05) is 11.9 Å². The van der Waals surface area contributed by atoms with Gasteiger partial charge in [0.05, 0.1) is 0 Å². The third-order valence-electron chi connectivity index (χ3n) is 4.02. The molecule has 0 saturated heterocycles. The van der Waals surface area contributed by atoms with Gasteiger partial charge in [0.25, 0.3) is 11.8 Å². The van der Waals surface area contributed by atoms with E-state index in [0.717, 1.165) is 5.75 Å². The number of para-hydroxylation sites is 1. The van der Waals surface area contributed by atoms with E-state index in [4.69, 9.17) is 4.74 Å². The maximum atomic E-state index is 12.5. The van der Waals surface area contributed by atoms with E-state index < -0.39 is 0 Å². The summed E-state index contributed by atoms with van der Waals surface area (Å²) in [7, 11) is 0. The lowest BCUT2D eigenvalue weighted by molar-refractivity contribution is 0.0949. The number of rotatable bonds is 7. The molecule has 3 aromatic rings. The minimum absolute atomic E-state index is 0.173. The third kappa shape index (κ3) is 5.90. The summed E-state index contributed by atoms with van der Waals surface area (Å²) in [5.41, 5.74) is 1.18. The molecule has 0 spiro atoms. The third-order valence-corrected chi connectivity index (χ3v) is 4.02. The number of pyridine rings is 1. The molecule has 1 heterocycles. The first kappa shape index (κ1) is 20.1. The van der Waals surface area contributed by atoms with Crippen LogP contribution in [0.4, 0.5) is 5.69 Å². The molecule has 2 aromatic carbocycles. The molecule has 29 heavy (non-hydrogen) atoms. The van der Waals surface area contributed by atoms with E-state index in [-0.39, 0.29) is 17.5 Å². The topological polar surface area (TPSA) is 80.3 Å². The van der Waals surface area contributed by atoms with E-state index in [1.54, 1.807) is 30.3 Å². The average molecular weight is 389 g/mol. The molecule has 1 aromatic heterocycles. The van der Waals surface area contributed by atoms with E-state index in [1.165, 1.54) is 12.3 Å². The Kier molecular flexibility index (Phi) is 6.58. The van der Waals surface area contributed by atoms with Crippen LogP contribution in [-0.2, 0) is 0 Å². The van der Waals surface area contributed by atoms with Gasteiger partial charge in [0.1, 0.15) is 17.2 Å². The van der Waals surface area contributed by atoms with Crippen LogP contribution in [0.25, 0.3) is 0 Å². The van der Waals surface area contributed by atoms with Gasteiger partial charge >= 0.3 is 0 Å². The molecule has 0 atom stereocenters. The SMILES string of the molecule is CC(C)CNC(=O)c1ccnc(C(=O)Nc2ccc(Oc3ccccc3)cc2)c1. The average Bonchev–Trinajstić information content (AvgIpc) is 2.74. The fourth-order valence-electron chi connectivity index (χ4n) is 2.52. The maximum absolute atomic E-state index is 12.5. The van der Waals surface area contributed by atoms with Gasteiger partial charge in [-0.1, -0.05) is 32.0 Å². The molecule has 3 rings (SSSR count). The van der Waals surface area contributed by atoms with Crippen molar-refractivity contribution in [1.29, 1.82) is 0 Å². The minimum atomic E-state index is -0.389. The van der Waals surface area contributed by atoms with Crippen LogP contribution in [0.2, 0.25) is 0 Å². The van der Waals surface area contributed by atoms with Crippen molar-refractivity contribution in [3.63, 3.8) is 0 Å². The lowest BCUT2D eigenvalue weighted by Crippen LogP contribution is -2.27. The van der Waals surface area contributed by atoms with Crippen molar-refractivity contribution < 1.29 is 14.3 Å². The lowest BCUT2D eigenvalue weighted by Gasteiger charge is -2.09. The lowest BCUT2D eigenvalue weighted by atomic mass is 10.2. The molecule has 0 saturated carbocycles. The molecule has 0 unspecified atom stereocenters. The zero-order chi connectivity index (χ0) is 20.6. The number of carbonyl (C=O) groups excluding carboxylic acids is 2. The quantitative estimate of drug-likeness (QED) is 0.623. The summed E-state index contributed by atoms with van der Waals surface area (Å²) in [5, 5.41) is 5.61. The number of aromatic nitrogens is 1. The number of amides is 2. The zero-order valence-corrected chi connectivity index (χ0v) is 16.4. The van der Waals surface area contributed by atoms with Gasteiger partial charge in [-0.05, 0) is 54.4 Å². The summed E-state index contributed by atoms with van der Waals surface area (Å²) >= 11 is 0. The highest BCUT2D eigenvalue weighted by Crippen LogP contribution is 2.22. The van der Waals surface area contributed by atoms with Crippen LogP contribution < -0.4 is 15.4 Å². The van der Waals surface area contributed by atoms with Gasteiger partial charge in [-0.2, -0.15) is 0 Å². The van der Waals surface area contributed by atoms with Crippen LogP contribution in [-0.4, -0.2) is 23.3 Å². The standard InChI is InChI=1S/C23H23N3O3/c1-16(2)15-25-22(27)17-12-13-24-21(14-17)23(28)26-18-8-10-20(11-9-18)29-19-6-4-3-5-7-19/h3-14,16H,15H2,1-2H3,(H,25,27)(H,26,28). The molecule has 0 aliphatic heterocycles. The number of benzene rings is 2. The van der Waals surface area contributed by atoms with Crippen molar-refractivity contribution in [1.82, 2.24) is 10.3 Å². The number of nitrogens with zero attached hydrogens (tertiary/aromatic N) is 1. The molecule has 0 fully saturated rings. The van der Waals surface area contributed by atoms with E-state index in [1.807, 2.05) is 44.2 Å². The largest absolute Gasteiger partial charge is 0.457 e. The van der Waals surface area contributed by atoms with Gasteiger partial charge in [-0.15, -0.1) is 0 Å². The Bertz CT molecular complexity index is 970. The smallest absolute Gasteiger partial charge is 0.274 e. The second-order valence-electron chi connectivity index (χ2n) is 6.93. The number of carbonyl (C=O) groups is 2. The number of ether oxygens (including phenoxy) is 1. The van der Waals surface area contributed by atoms with Gasteiger partial charge in [0.2, 0.25) is 0 Å². The molecular weight excluding hydrogens is 366 g/mol. The minimum Gasteiger partial charge on any atom is -0.457 e. The van der Waals surface area contributed by atoms with Crippen LogP contribution in [0.15, 0.2) is 72.9 Å².